The minimum Gasteiger partial charge on any atom is -0.369 e. The lowest BCUT2D eigenvalue weighted by Gasteiger charge is -2.13. The zero-order valence-corrected chi connectivity index (χ0v) is 11.4. The normalized spacial score (nSPS) is 12.3. The van der Waals surface area contributed by atoms with Crippen molar-refractivity contribution in [3.63, 3.8) is 0 Å². The summed E-state index contributed by atoms with van der Waals surface area (Å²) in [5, 5.41) is 0. The average Bonchev–Trinajstić information content (AvgIpc) is 2.38. The van der Waals surface area contributed by atoms with E-state index in [1.807, 2.05) is 30.3 Å². The fourth-order valence-electron chi connectivity index (χ4n) is 2.29. The van der Waals surface area contributed by atoms with Crippen molar-refractivity contribution in [3.05, 3.63) is 35.9 Å². The van der Waals surface area contributed by atoms with Crippen molar-refractivity contribution in [2.75, 3.05) is 0 Å². The van der Waals surface area contributed by atoms with Crippen molar-refractivity contribution in [1.29, 1.82) is 0 Å². The number of amides is 1. The van der Waals surface area contributed by atoms with Crippen molar-refractivity contribution >= 4 is 5.91 Å². The van der Waals surface area contributed by atoms with Gasteiger partial charge in [-0.2, -0.15) is 0 Å². The summed E-state index contributed by atoms with van der Waals surface area (Å²) in [7, 11) is 0. The molecule has 1 aromatic carbocycles. The van der Waals surface area contributed by atoms with E-state index in [0.29, 0.717) is 0 Å². The van der Waals surface area contributed by atoms with E-state index >= 15 is 0 Å². The first kappa shape index (κ1) is 14.7. The van der Waals surface area contributed by atoms with Gasteiger partial charge < -0.3 is 5.73 Å². The lowest BCUT2D eigenvalue weighted by atomic mass is 9.92. The van der Waals surface area contributed by atoms with Crippen LogP contribution in [-0.4, -0.2) is 5.91 Å². The van der Waals surface area contributed by atoms with Gasteiger partial charge in [-0.25, -0.2) is 0 Å². The molecule has 2 nitrogen and oxygen atoms in total. The van der Waals surface area contributed by atoms with Crippen molar-refractivity contribution in [2.45, 2.75) is 57.8 Å². The van der Waals surface area contributed by atoms with Crippen LogP contribution in [0, 0.1) is 0 Å². The molecule has 2 heteroatoms. The van der Waals surface area contributed by atoms with Gasteiger partial charge in [-0.1, -0.05) is 75.8 Å². The summed E-state index contributed by atoms with van der Waals surface area (Å²) >= 11 is 0. The molecule has 0 aromatic heterocycles. The molecule has 0 saturated carbocycles. The summed E-state index contributed by atoms with van der Waals surface area (Å²) in [4.78, 5) is 11.5. The number of hydrogen-bond donors (Lipinski definition) is 1. The van der Waals surface area contributed by atoms with E-state index in [0.717, 1.165) is 18.4 Å². The summed E-state index contributed by atoms with van der Waals surface area (Å²) < 4.78 is 0. The third-order valence-electron chi connectivity index (χ3n) is 3.39. The van der Waals surface area contributed by atoms with Gasteiger partial charge in [0.1, 0.15) is 0 Å². The Labute approximate surface area is 111 Å². The highest BCUT2D eigenvalue weighted by Gasteiger charge is 2.16. The molecule has 0 bridgehead atoms. The largest absolute Gasteiger partial charge is 0.369 e. The number of benzene rings is 1. The average molecular weight is 247 g/mol. The van der Waals surface area contributed by atoms with Gasteiger partial charge in [0.15, 0.2) is 0 Å². The highest BCUT2D eigenvalue weighted by molar-refractivity contribution is 5.81. The number of unbranched alkanes of at least 4 members (excludes halogenated alkanes) is 5. The summed E-state index contributed by atoms with van der Waals surface area (Å²) in [6, 6.07) is 9.88. The topological polar surface area (TPSA) is 43.1 Å². The Kier molecular flexibility index (Phi) is 7.16. The molecular weight excluding hydrogens is 222 g/mol. The Morgan fingerprint density at radius 2 is 1.67 bits per heavy atom. The van der Waals surface area contributed by atoms with Crippen LogP contribution < -0.4 is 5.73 Å². The minimum absolute atomic E-state index is 0.114. The molecule has 1 amide bonds. The predicted octanol–water partition coefficient (Wildman–Crippen LogP) is 4.01. The minimum atomic E-state index is -0.199. The maximum absolute atomic E-state index is 11.5. The van der Waals surface area contributed by atoms with Crippen LogP contribution in [0.5, 0.6) is 0 Å². The summed E-state index contributed by atoms with van der Waals surface area (Å²) in [5.74, 6) is -0.313. The van der Waals surface area contributed by atoms with Crippen LogP contribution in [0.1, 0.15) is 63.4 Å². The number of nitrogens with two attached hydrogens (primary N) is 1. The first-order valence-electron chi connectivity index (χ1n) is 7.10. The number of carbonyl (C=O) groups excluding carboxylic acids is 1. The van der Waals surface area contributed by atoms with Crippen LogP contribution >= 0.6 is 0 Å². The van der Waals surface area contributed by atoms with E-state index < -0.39 is 0 Å². The zero-order chi connectivity index (χ0) is 13.2. The lowest BCUT2D eigenvalue weighted by molar-refractivity contribution is -0.119. The third kappa shape index (κ3) is 5.35. The van der Waals surface area contributed by atoms with Crippen LogP contribution in [0.2, 0.25) is 0 Å². The molecule has 1 rings (SSSR count). The maximum Gasteiger partial charge on any atom is 0.224 e. The number of primary amides is 1. The predicted molar refractivity (Wildman–Crippen MR) is 76.4 cm³/mol. The van der Waals surface area contributed by atoms with Gasteiger partial charge in [0.2, 0.25) is 5.91 Å². The second-order valence-electron chi connectivity index (χ2n) is 4.92. The van der Waals surface area contributed by atoms with Crippen molar-refractivity contribution in [2.24, 2.45) is 5.73 Å². The SMILES string of the molecule is CCCCCCCCC(C(N)=O)c1ccccc1. The molecule has 0 aliphatic carbocycles. The first-order chi connectivity index (χ1) is 8.75. The van der Waals surface area contributed by atoms with Crippen LogP contribution in [0.3, 0.4) is 0 Å². The molecule has 0 aliphatic heterocycles. The van der Waals surface area contributed by atoms with Crippen LogP contribution in [0.25, 0.3) is 0 Å². The lowest BCUT2D eigenvalue weighted by Crippen LogP contribution is -2.21. The van der Waals surface area contributed by atoms with E-state index in [1.165, 1.54) is 32.1 Å². The fraction of sp³-hybridized carbons (Fsp3) is 0.562. The Balaban J connectivity index is 2.34. The molecular formula is C16H25NO. The molecule has 0 heterocycles. The quantitative estimate of drug-likeness (QED) is 0.658. The molecule has 1 atom stereocenters. The van der Waals surface area contributed by atoms with Crippen molar-refractivity contribution in [1.82, 2.24) is 0 Å². The molecule has 0 spiro atoms. The smallest absolute Gasteiger partial charge is 0.224 e. The molecule has 1 aromatic rings. The van der Waals surface area contributed by atoms with Crippen LogP contribution in [-0.2, 0) is 4.79 Å². The molecule has 1 unspecified atom stereocenters. The second-order valence-corrected chi connectivity index (χ2v) is 4.92. The molecule has 0 fully saturated rings. The van der Waals surface area contributed by atoms with Crippen molar-refractivity contribution < 1.29 is 4.79 Å². The number of hydrogen-bond acceptors (Lipinski definition) is 1. The Hall–Kier alpha value is -1.31. The summed E-state index contributed by atoms with van der Waals surface area (Å²) in [6.07, 6.45) is 8.34. The van der Waals surface area contributed by atoms with Crippen molar-refractivity contribution in [3.8, 4) is 0 Å². The van der Waals surface area contributed by atoms with E-state index in [-0.39, 0.29) is 11.8 Å². The van der Waals surface area contributed by atoms with Gasteiger partial charge in [0, 0.05) is 0 Å². The van der Waals surface area contributed by atoms with E-state index in [9.17, 15) is 4.79 Å². The fourth-order valence-corrected chi connectivity index (χ4v) is 2.29. The van der Waals surface area contributed by atoms with Gasteiger partial charge in [-0.15, -0.1) is 0 Å². The highest BCUT2D eigenvalue weighted by Crippen LogP contribution is 2.22. The zero-order valence-electron chi connectivity index (χ0n) is 11.4. The van der Waals surface area contributed by atoms with E-state index in [2.05, 4.69) is 6.92 Å². The molecule has 0 aliphatic rings. The highest BCUT2D eigenvalue weighted by atomic mass is 16.1. The van der Waals surface area contributed by atoms with Gasteiger partial charge >= 0.3 is 0 Å². The maximum atomic E-state index is 11.5. The molecule has 100 valence electrons. The van der Waals surface area contributed by atoms with E-state index in [1.54, 1.807) is 0 Å². The molecule has 0 saturated heterocycles. The van der Waals surface area contributed by atoms with Gasteiger partial charge in [-0.05, 0) is 12.0 Å². The number of rotatable bonds is 9. The molecule has 0 radical (unpaired) electrons. The monoisotopic (exact) mass is 247 g/mol. The Morgan fingerprint density at radius 1 is 1.06 bits per heavy atom. The van der Waals surface area contributed by atoms with Gasteiger partial charge in [0.25, 0.3) is 0 Å². The Morgan fingerprint density at radius 3 is 2.28 bits per heavy atom. The molecule has 18 heavy (non-hydrogen) atoms. The van der Waals surface area contributed by atoms with Gasteiger partial charge in [0.05, 0.1) is 5.92 Å². The van der Waals surface area contributed by atoms with Crippen LogP contribution in [0.15, 0.2) is 30.3 Å². The Bertz CT molecular complexity index is 334. The summed E-state index contributed by atoms with van der Waals surface area (Å²) in [6.45, 7) is 2.22. The van der Waals surface area contributed by atoms with Crippen LogP contribution in [0.4, 0.5) is 0 Å². The molecule has 2 N–H and O–H groups in total. The summed E-state index contributed by atoms with van der Waals surface area (Å²) in [5.41, 5.74) is 6.55. The number of carbonyl (C=O) groups is 1. The van der Waals surface area contributed by atoms with E-state index in [4.69, 9.17) is 5.73 Å². The third-order valence-corrected chi connectivity index (χ3v) is 3.39. The second kappa shape index (κ2) is 8.73. The standard InChI is InChI=1S/C16H25NO/c1-2-3-4-5-6-10-13-15(16(17)18)14-11-8-7-9-12-14/h7-9,11-12,15H,2-6,10,13H2,1H3,(H2,17,18). The van der Waals surface area contributed by atoms with Gasteiger partial charge in [-0.3, -0.25) is 4.79 Å². The first-order valence-corrected chi connectivity index (χ1v) is 7.10.